The molecule has 1 N–H and O–H groups in total. The third kappa shape index (κ3) is 5.07. The molecule has 0 heterocycles. The van der Waals surface area contributed by atoms with E-state index in [2.05, 4.69) is 17.2 Å². The van der Waals surface area contributed by atoms with Crippen molar-refractivity contribution in [3.8, 4) is 11.8 Å². The van der Waals surface area contributed by atoms with Gasteiger partial charge >= 0.3 is 0 Å². The van der Waals surface area contributed by atoms with Gasteiger partial charge in [0, 0.05) is 23.1 Å². The van der Waals surface area contributed by atoms with Crippen molar-refractivity contribution in [1.82, 2.24) is 5.32 Å². The Morgan fingerprint density at radius 1 is 1.14 bits per heavy atom. The lowest BCUT2D eigenvalue weighted by Crippen LogP contribution is -2.24. The first-order chi connectivity index (χ1) is 10.5. The largest absolute Gasteiger partial charge is 0.345 e. The highest BCUT2D eigenvalue weighted by molar-refractivity contribution is 6.35. The number of hydrogen-bond donors (Lipinski definition) is 1. The molecule has 112 valence electrons. The van der Waals surface area contributed by atoms with Gasteiger partial charge in [0.25, 0.3) is 5.91 Å². The van der Waals surface area contributed by atoms with Crippen molar-refractivity contribution in [2.75, 3.05) is 6.54 Å². The van der Waals surface area contributed by atoms with Crippen LogP contribution in [0.3, 0.4) is 0 Å². The quantitative estimate of drug-likeness (QED) is 0.848. The maximum absolute atomic E-state index is 12.7. The molecule has 2 rings (SSSR count). The van der Waals surface area contributed by atoms with Crippen molar-refractivity contribution in [2.24, 2.45) is 0 Å². The monoisotopic (exact) mass is 335 g/mol. The summed E-state index contributed by atoms with van der Waals surface area (Å²) in [5.41, 5.74) is 1.48. The summed E-state index contributed by atoms with van der Waals surface area (Å²) in [6, 6.07) is 11.0. The molecule has 0 aliphatic carbocycles. The summed E-state index contributed by atoms with van der Waals surface area (Å²) < 4.78 is 12.7. The van der Waals surface area contributed by atoms with Gasteiger partial charge in [-0.1, -0.05) is 41.3 Å². The molecule has 0 aliphatic rings. The number of halogens is 3. The molecule has 0 spiro atoms. The van der Waals surface area contributed by atoms with E-state index in [9.17, 15) is 9.18 Å². The highest BCUT2D eigenvalue weighted by Crippen LogP contribution is 2.19. The van der Waals surface area contributed by atoms with Crippen LogP contribution in [0.2, 0.25) is 10.0 Å². The van der Waals surface area contributed by atoms with Gasteiger partial charge in [0.2, 0.25) is 0 Å². The normalized spacial score (nSPS) is 9.77. The van der Waals surface area contributed by atoms with Gasteiger partial charge in [-0.05, 0) is 42.3 Å². The number of carbonyl (C=O) groups excluding carboxylic acids is 1. The van der Waals surface area contributed by atoms with E-state index in [1.54, 1.807) is 30.3 Å². The fourth-order valence-electron chi connectivity index (χ4n) is 1.73. The smallest absolute Gasteiger partial charge is 0.296 e. The van der Waals surface area contributed by atoms with Gasteiger partial charge in [0.1, 0.15) is 5.82 Å². The molecular weight excluding hydrogens is 324 g/mol. The molecule has 0 aliphatic heterocycles. The number of rotatable bonds is 3. The molecule has 0 bridgehead atoms. The van der Waals surface area contributed by atoms with Crippen LogP contribution in [0.4, 0.5) is 4.39 Å². The van der Waals surface area contributed by atoms with Crippen molar-refractivity contribution >= 4 is 29.1 Å². The maximum Gasteiger partial charge on any atom is 0.296 e. The van der Waals surface area contributed by atoms with Crippen molar-refractivity contribution in [3.05, 3.63) is 69.5 Å². The highest BCUT2D eigenvalue weighted by Gasteiger charge is 2.00. The second-order valence-corrected chi connectivity index (χ2v) is 5.35. The zero-order valence-corrected chi connectivity index (χ0v) is 13.0. The predicted octanol–water partition coefficient (Wildman–Crippen LogP) is 3.84. The summed E-state index contributed by atoms with van der Waals surface area (Å²) in [6.07, 6.45) is 0.607. The summed E-state index contributed by atoms with van der Waals surface area (Å²) in [5.74, 6) is 4.49. The Morgan fingerprint density at radius 3 is 2.55 bits per heavy atom. The van der Waals surface area contributed by atoms with Gasteiger partial charge in [-0.25, -0.2) is 4.39 Å². The van der Waals surface area contributed by atoms with E-state index in [-0.39, 0.29) is 5.82 Å². The molecule has 22 heavy (non-hydrogen) atoms. The zero-order chi connectivity index (χ0) is 15.9. The van der Waals surface area contributed by atoms with E-state index in [0.717, 1.165) is 5.56 Å². The van der Waals surface area contributed by atoms with Crippen LogP contribution >= 0.6 is 23.2 Å². The molecule has 0 saturated carbocycles. The van der Waals surface area contributed by atoms with Gasteiger partial charge in [-0.15, -0.1) is 0 Å². The Balaban J connectivity index is 1.86. The summed E-state index contributed by atoms with van der Waals surface area (Å²) in [6.45, 7) is 0.424. The van der Waals surface area contributed by atoms with Crippen LogP contribution in [0, 0.1) is 17.7 Å². The molecule has 1 amide bonds. The Kier molecular flexibility index (Phi) is 5.83. The lowest BCUT2D eigenvalue weighted by molar-refractivity contribution is -0.115. The van der Waals surface area contributed by atoms with Gasteiger partial charge < -0.3 is 5.32 Å². The zero-order valence-electron chi connectivity index (χ0n) is 11.5. The van der Waals surface area contributed by atoms with E-state index in [1.165, 1.54) is 12.1 Å². The molecule has 2 aromatic rings. The van der Waals surface area contributed by atoms with Crippen LogP contribution in [0.5, 0.6) is 0 Å². The first kappa shape index (κ1) is 16.4. The van der Waals surface area contributed by atoms with Crippen LogP contribution < -0.4 is 5.32 Å². The molecule has 0 saturated heterocycles. The lowest BCUT2D eigenvalue weighted by Gasteiger charge is -2.01. The first-order valence-electron chi connectivity index (χ1n) is 6.54. The van der Waals surface area contributed by atoms with Crippen LogP contribution in [0.25, 0.3) is 0 Å². The van der Waals surface area contributed by atoms with Gasteiger partial charge in [0.05, 0.1) is 5.02 Å². The Hall–Kier alpha value is -2.02. The van der Waals surface area contributed by atoms with Gasteiger partial charge in [-0.2, -0.15) is 0 Å². The second kappa shape index (κ2) is 7.84. The third-order valence-corrected chi connectivity index (χ3v) is 3.40. The summed E-state index contributed by atoms with van der Waals surface area (Å²) in [7, 11) is 0. The van der Waals surface area contributed by atoms with Crippen molar-refractivity contribution < 1.29 is 9.18 Å². The topological polar surface area (TPSA) is 29.1 Å². The SMILES string of the molecule is O=C(C#Cc1ccc(Cl)cc1Cl)NCCc1ccc(F)cc1. The van der Waals surface area contributed by atoms with Crippen LogP contribution in [0.1, 0.15) is 11.1 Å². The third-order valence-electron chi connectivity index (χ3n) is 2.85. The highest BCUT2D eigenvalue weighted by atomic mass is 35.5. The summed E-state index contributed by atoms with van der Waals surface area (Å²) in [5, 5.41) is 3.59. The standard InChI is InChI=1S/C17H12Cl2FNO/c18-14-5-3-13(16(19)11-14)4-8-17(22)21-10-9-12-1-6-15(20)7-2-12/h1-3,5-7,11H,9-10H2,(H,21,22). The van der Waals surface area contributed by atoms with E-state index in [0.29, 0.717) is 28.6 Å². The molecule has 0 unspecified atom stereocenters. The number of benzene rings is 2. The first-order valence-corrected chi connectivity index (χ1v) is 7.29. The minimum Gasteiger partial charge on any atom is -0.345 e. The van der Waals surface area contributed by atoms with E-state index < -0.39 is 5.91 Å². The fourth-order valence-corrected chi connectivity index (χ4v) is 2.19. The van der Waals surface area contributed by atoms with Crippen molar-refractivity contribution in [3.63, 3.8) is 0 Å². The minimum absolute atomic E-state index is 0.279. The van der Waals surface area contributed by atoms with E-state index in [1.807, 2.05) is 0 Å². The van der Waals surface area contributed by atoms with E-state index in [4.69, 9.17) is 23.2 Å². The molecule has 2 aromatic carbocycles. The number of amides is 1. The van der Waals surface area contributed by atoms with Crippen molar-refractivity contribution in [1.29, 1.82) is 0 Å². The average molecular weight is 336 g/mol. The van der Waals surface area contributed by atoms with Crippen LogP contribution in [0.15, 0.2) is 42.5 Å². The fraction of sp³-hybridized carbons (Fsp3) is 0.118. The molecule has 0 fully saturated rings. The Labute approximate surface area is 138 Å². The number of nitrogens with one attached hydrogen (secondary N) is 1. The van der Waals surface area contributed by atoms with E-state index >= 15 is 0 Å². The molecular formula is C17H12Cl2FNO. The molecule has 0 radical (unpaired) electrons. The second-order valence-electron chi connectivity index (χ2n) is 4.51. The van der Waals surface area contributed by atoms with Crippen molar-refractivity contribution in [2.45, 2.75) is 6.42 Å². The minimum atomic E-state index is -0.395. The lowest BCUT2D eigenvalue weighted by atomic mass is 10.1. The van der Waals surface area contributed by atoms with Crippen LogP contribution in [-0.4, -0.2) is 12.5 Å². The Bertz CT molecular complexity index is 733. The molecule has 0 aromatic heterocycles. The maximum atomic E-state index is 12.7. The summed E-state index contributed by atoms with van der Waals surface area (Å²) in [4.78, 5) is 11.6. The molecule has 2 nitrogen and oxygen atoms in total. The average Bonchev–Trinajstić information content (AvgIpc) is 2.48. The summed E-state index contributed by atoms with van der Waals surface area (Å²) >= 11 is 11.7. The Morgan fingerprint density at radius 2 is 1.86 bits per heavy atom. The number of carbonyl (C=O) groups is 1. The van der Waals surface area contributed by atoms with Gasteiger partial charge in [-0.3, -0.25) is 4.79 Å². The molecule has 5 heteroatoms. The molecule has 0 atom stereocenters. The predicted molar refractivity (Wildman–Crippen MR) is 86.5 cm³/mol. The number of hydrogen-bond acceptors (Lipinski definition) is 1. The van der Waals surface area contributed by atoms with Gasteiger partial charge in [0.15, 0.2) is 0 Å². The van der Waals surface area contributed by atoms with Crippen LogP contribution in [-0.2, 0) is 11.2 Å².